The average Bonchev–Trinajstić information content (AvgIpc) is 2.11. The quantitative estimate of drug-likeness (QED) is 0.636. The zero-order chi connectivity index (χ0) is 11.9. The van der Waals surface area contributed by atoms with E-state index in [2.05, 4.69) is 23.5 Å². The first kappa shape index (κ1) is 14.4. The molecule has 0 bridgehead atoms. The Hall–Kier alpha value is -0.640. The predicted molar refractivity (Wildman–Crippen MR) is 59.8 cm³/mol. The van der Waals surface area contributed by atoms with E-state index in [1.165, 1.54) is 0 Å². The lowest BCUT2D eigenvalue weighted by Gasteiger charge is -2.20. The number of rotatable bonds is 7. The fraction of sp³-hybridized carbons (Fsp3) is 0.889. The number of hydrogen-bond donors (Lipinski definition) is 1. The van der Waals surface area contributed by atoms with E-state index < -0.39 is 15.8 Å². The van der Waals surface area contributed by atoms with E-state index in [1.807, 2.05) is 7.05 Å². The molecule has 0 spiro atoms. The van der Waals surface area contributed by atoms with Crippen LogP contribution in [-0.4, -0.2) is 45.2 Å². The molecule has 6 heteroatoms. The van der Waals surface area contributed by atoms with Crippen molar-refractivity contribution in [1.29, 1.82) is 5.26 Å². The molecule has 5 nitrogen and oxygen atoms in total. The molecule has 0 aromatic carbocycles. The molecule has 0 atom stereocenters. The summed E-state index contributed by atoms with van der Waals surface area (Å²) in [4.78, 5) is 2.14. The summed E-state index contributed by atoms with van der Waals surface area (Å²) < 4.78 is 24.5. The van der Waals surface area contributed by atoms with Crippen molar-refractivity contribution < 1.29 is 8.42 Å². The molecule has 0 aromatic heterocycles. The number of nitrogens with zero attached hydrogens (tertiary/aromatic N) is 2. The second-order valence-electron chi connectivity index (χ2n) is 3.74. The van der Waals surface area contributed by atoms with Crippen LogP contribution >= 0.6 is 0 Å². The molecule has 0 aromatic rings. The normalized spacial score (nSPS) is 12.0. The highest BCUT2D eigenvalue weighted by Gasteiger charge is 2.08. The van der Waals surface area contributed by atoms with E-state index in [-0.39, 0.29) is 0 Å². The van der Waals surface area contributed by atoms with Crippen LogP contribution in [0, 0.1) is 11.3 Å². The summed E-state index contributed by atoms with van der Waals surface area (Å²) in [5.74, 6) is -0.465. The van der Waals surface area contributed by atoms with E-state index in [9.17, 15) is 8.42 Å². The summed E-state index contributed by atoms with van der Waals surface area (Å²) in [6.45, 7) is 5.40. The molecule has 0 rings (SSSR count). The van der Waals surface area contributed by atoms with Gasteiger partial charge in [-0.3, -0.25) is 0 Å². The highest BCUT2D eigenvalue weighted by atomic mass is 32.2. The Morgan fingerprint density at radius 1 is 1.47 bits per heavy atom. The summed E-state index contributed by atoms with van der Waals surface area (Å²) in [6, 6.07) is 2.07. The summed E-state index contributed by atoms with van der Waals surface area (Å²) in [5.41, 5.74) is 0. The highest BCUT2D eigenvalue weighted by Crippen LogP contribution is 1.94. The molecule has 0 unspecified atom stereocenters. The van der Waals surface area contributed by atoms with Crippen LogP contribution in [0.5, 0.6) is 0 Å². The first-order valence-corrected chi connectivity index (χ1v) is 6.59. The van der Waals surface area contributed by atoms with Crippen LogP contribution in [0.3, 0.4) is 0 Å². The van der Waals surface area contributed by atoms with Gasteiger partial charge in [0.05, 0.1) is 6.07 Å². The molecule has 0 saturated carbocycles. The Morgan fingerprint density at radius 2 is 2.07 bits per heavy atom. The maximum atomic E-state index is 11.1. The molecule has 88 valence electrons. The summed E-state index contributed by atoms with van der Waals surface area (Å²) in [6.07, 6.45) is 0.749. The van der Waals surface area contributed by atoms with Gasteiger partial charge in [0.15, 0.2) is 5.75 Å². The van der Waals surface area contributed by atoms with Crippen molar-refractivity contribution in [3.8, 4) is 6.07 Å². The number of nitrogens with one attached hydrogen (secondary N) is 1. The number of hydrogen-bond acceptors (Lipinski definition) is 4. The van der Waals surface area contributed by atoms with Crippen molar-refractivity contribution >= 4 is 10.0 Å². The van der Waals surface area contributed by atoms with Crippen LogP contribution in [-0.2, 0) is 10.0 Å². The standard InChI is InChI=1S/C9H19N3O2S/c1-9(2)12(3)7-4-6-11-15(13,14)8-5-10/h9,11H,4,6-8H2,1-3H3. The van der Waals surface area contributed by atoms with Gasteiger partial charge in [0.2, 0.25) is 10.0 Å². The highest BCUT2D eigenvalue weighted by molar-refractivity contribution is 7.89. The summed E-state index contributed by atoms with van der Waals surface area (Å²) in [7, 11) is -1.38. The van der Waals surface area contributed by atoms with Gasteiger partial charge in [-0.1, -0.05) is 0 Å². The fourth-order valence-electron chi connectivity index (χ4n) is 0.950. The van der Waals surface area contributed by atoms with Gasteiger partial charge in [0, 0.05) is 12.6 Å². The van der Waals surface area contributed by atoms with Gasteiger partial charge in [-0.05, 0) is 33.9 Å². The third-order valence-corrected chi connectivity index (χ3v) is 3.30. The Kier molecular flexibility index (Phi) is 6.48. The van der Waals surface area contributed by atoms with Gasteiger partial charge in [0.25, 0.3) is 0 Å². The van der Waals surface area contributed by atoms with Crippen LogP contribution in [0.2, 0.25) is 0 Å². The van der Waals surface area contributed by atoms with Gasteiger partial charge in [-0.15, -0.1) is 0 Å². The minimum Gasteiger partial charge on any atom is -0.304 e. The zero-order valence-electron chi connectivity index (χ0n) is 9.52. The van der Waals surface area contributed by atoms with E-state index in [0.717, 1.165) is 13.0 Å². The molecule has 0 aliphatic heterocycles. The maximum Gasteiger partial charge on any atom is 0.225 e. The van der Waals surface area contributed by atoms with Crippen molar-refractivity contribution in [2.24, 2.45) is 0 Å². The molecule has 15 heavy (non-hydrogen) atoms. The molecule has 0 aliphatic rings. The third kappa shape index (κ3) is 7.31. The Bertz CT molecular complexity index is 306. The van der Waals surface area contributed by atoms with Gasteiger partial charge < -0.3 is 4.90 Å². The minimum absolute atomic E-state index is 0.390. The lowest BCUT2D eigenvalue weighted by atomic mass is 10.3. The van der Waals surface area contributed by atoms with Crippen molar-refractivity contribution in [3.05, 3.63) is 0 Å². The van der Waals surface area contributed by atoms with Gasteiger partial charge in [-0.25, -0.2) is 13.1 Å². The first-order valence-electron chi connectivity index (χ1n) is 4.93. The number of nitriles is 1. The van der Waals surface area contributed by atoms with Crippen molar-refractivity contribution in [1.82, 2.24) is 9.62 Å². The van der Waals surface area contributed by atoms with E-state index in [1.54, 1.807) is 6.07 Å². The SMILES string of the molecule is CC(C)N(C)CCCNS(=O)(=O)CC#N. The smallest absolute Gasteiger partial charge is 0.225 e. The van der Waals surface area contributed by atoms with Crippen molar-refractivity contribution in [2.45, 2.75) is 26.3 Å². The van der Waals surface area contributed by atoms with Crippen LogP contribution in [0.15, 0.2) is 0 Å². The zero-order valence-corrected chi connectivity index (χ0v) is 10.3. The summed E-state index contributed by atoms with van der Waals surface area (Å²) in [5, 5.41) is 8.24. The molecule has 0 radical (unpaired) electrons. The van der Waals surface area contributed by atoms with E-state index >= 15 is 0 Å². The monoisotopic (exact) mass is 233 g/mol. The van der Waals surface area contributed by atoms with E-state index in [0.29, 0.717) is 12.6 Å². The lowest BCUT2D eigenvalue weighted by molar-refractivity contribution is 0.271. The molecule has 0 saturated heterocycles. The molecule has 0 aliphatic carbocycles. The Morgan fingerprint density at radius 3 is 2.53 bits per heavy atom. The minimum atomic E-state index is -3.38. The molecule has 0 fully saturated rings. The average molecular weight is 233 g/mol. The van der Waals surface area contributed by atoms with Crippen molar-refractivity contribution in [3.63, 3.8) is 0 Å². The third-order valence-electron chi connectivity index (χ3n) is 2.15. The van der Waals surface area contributed by atoms with Crippen LogP contribution in [0.1, 0.15) is 20.3 Å². The predicted octanol–water partition coefficient (Wildman–Crippen LogP) is 0.160. The second-order valence-corrected chi connectivity index (χ2v) is 5.55. The van der Waals surface area contributed by atoms with Gasteiger partial charge >= 0.3 is 0 Å². The van der Waals surface area contributed by atoms with Crippen molar-refractivity contribution in [2.75, 3.05) is 25.9 Å². The molecule has 0 amide bonds. The van der Waals surface area contributed by atoms with Gasteiger partial charge in [0.1, 0.15) is 0 Å². The van der Waals surface area contributed by atoms with Crippen LogP contribution in [0.4, 0.5) is 0 Å². The molecular formula is C9H19N3O2S. The van der Waals surface area contributed by atoms with E-state index in [4.69, 9.17) is 5.26 Å². The molecule has 1 N–H and O–H groups in total. The maximum absolute atomic E-state index is 11.1. The lowest BCUT2D eigenvalue weighted by Crippen LogP contribution is -2.32. The second kappa shape index (κ2) is 6.77. The molecule has 0 heterocycles. The van der Waals surface area contributed by atoms with Gasteiger partial charge in [-0.2, -0.15) is 5.26 Å². The molecular weight excluding hydrogens is 214 g/mol. The Balaban J connectivity index is 3.69. The van der Waals surface area contributed by atoms with Crippen LogP contribution < -0.4 is 4.72 Å². The fourth-order valence-corrected chi connectivity index (χ4v) is 1.68. The van der Waals surface area contributed by atoms with Crippen LogP contribution in [0.25, 0.3) is 0 Å². The first-order chi connectivity index (χ1) is 6.89. The topological polar surface area (TPSA) is 73.2 Å². The number of sulfonamides is 1. The largest absolute Gasteiger partial charge is 0.304 e. The Labute approximate surface area is 92.1 Å². The summed E-state index contributed by atoms with van der Waals surface area (Å²) >= 11 is 0.